The molecule has 80 valence electrons. The molecular formula is C8H19NO4. The van der Waals surface area contributed by atoms with Gasteiger partial charge >= 0.3 is 0 Å². The number of methoxy groups -OCH3 is 1. The van der Waals surface area contributed by atoms with E-state index in [9.17, 15) is 0 Å². The van der Waals surface area contributed by atoms with Gasteiger partial charge < -0.3 is 25.0 Å². The van der Waals surface area contributed by atoms with Gasteiger partial charge in [-0.25, -0.2) is 0 Å². The third-order valence-corrected chi connectivity index (χ3v) is 1.50. The lowest BCUT2D eigenvalue weighted by Crippen LogP contribution is -2.38. The lowest BCUT2D eigenvalue weighted by Gasteiger charge is -2.14. The monoisotopic (exact) mass is 193 g/mol. The molecule has 0 spiro atoms. The first kappa shape index (κ1) is 12.8. The van der Waals surface area contributed by atoms with E-state index in [0.29, 0.717) is 26.4 Å². The standard InChI is InChI=1S/C8H19NO4/c1-12-7-8(6-11)9-2-4-13-5-3-10/h8-11H,2-7H2,1H3. The Kier molecular flexibility index (Phi) is 9.73. The smallest absolute Gasteiger partial charge is 0.0698 e. The van der Waals surface area contributed by atoms with E-state index in [-0.39, 0.29) is 19.3 Å². The van der Waals surface area contributed by atoms with Crippen molar-refractivity contribution < 1.29 is 19.7 Å². The predicted molar refractivity (Wildman–Crippen MR) is 48.7 cm³/mol. The van der Waals surface area contributed by atoms with Crippen LogP contribution in [0.15, 0.2) is 0 Å². The summed E-state index contributed by atoms with van der Waals surface area (Å²) in [5.74, 6) is 0. The first-order valence-corrected chi connectivity index (χ1v) is 4.37. The van der Waals surface area contributed by atoms with E-state index < -0.39 is 0 Å². The van der Waals surface area contributed by atoms with Crippen LogP contribution in [0.4, 0.5) is 0 Å². The van der Waals surface area contributed by atoms with Gasteiger partial charge in [-0.15, -0.1) is 0 Å². The van der Waals surface area contributed by atoms with Crippen LogP contribution in [0.25, 0.3) is 0 Å². The van der Waals surface area contributed by atoms with Crippen molar-refractivity contribution in [1.82, 2.24) is 5.32 Å². The molecular weight excluding hydrogens is 174 g/mol. The Hall–Kier alpha value is -0.200. The fraction of sp³-hybridized carbons (Fsp3) is 1.00. The highest BCUT2D eigenvalue weighted by atomic mass is 16.5. The third kappa shape index (κ3) is 8.14. The third-order valence-electron chi connectivity index (χ3n) is 1.50. The predicted octanol–water partition coefficient (Wildman–Crippen LogP) is -1.41. The summed E-state index contributed by atoms with van der Waals surface area (Å²) in [6, 6.07) is -0.0391. The van der Waals surface area contributed by atoms with E-state index >= 15 is 0 Å². The Balaban J connectivity index is 3.17. The normalized spacial score (nSPS) is 13.2. The minimum atomic E-state index is -0.0391. The lowest BCUT2D eigenvalue weighted by molar-refractivity contribution is 0.0837. The van der Waals surface area contributed by atoms with Crippen molar-refractivity contribution in [2.75, 3.05) is 46.7 Å². The Morgan fingerprint density at radius 3 is 2.62 bits per heavy atom. The van der Waals surface area contributed by atoms with Crippen LogP contribution in [0.5, 0.6) is 0 Å². The Bertz CT molecular complexity index is 102. The molecule has 0 saturated heterocycles. The number of hydrogen-bond acceptors (Lipinski definition) is 5. The van der Waals surface area contributed by atoms with E-state index in [2.05, 4.69) is 5.32 Å². The molecule has 0 heterocycles. The van der Waals surface area contributed by atoms with Crippen molar-refractivity contribution >= 4 is 0 Å². The Labute approximate surface area is 78.7 Å². The maximum atomic E-state index is 8.84. The molecule has 5 nitrogen and oxygen atoms in total. The highest BCUT2D eigenvalue weighted by Gasteiger charge is 2.04. The molecule has 0 amide bonds. The molecule has 1 atom stereocenters. The maximum absolute atomic E-state index is 8.84. The number of ether oxygens (including phenoxy) is 2. The molecule has 0 fully saturated rings. The van der Waals surface area contributed by atoms with Gasteiger partial charge in [-0.2, -0.15) is 0 Å². The molecule has 0 bridgehead atoms. The van der Waals surface area contributed by atoms with Crippen LogP contribution < -0.4 is 5.32 Å². The molecule has 0 rings (SSSR count). The van der Waals surface area contributed by atoms with E-state index in [1.165, 1.54) is 0 Å². The average Bonchev–Trinajstić information content (AvgIpc) is 2.16. The summed E-state index contributed by atoms with van der Waals surface area (Å²) < 4.78 is 9.89. The molecule has 5 heteroatoms. The van der Waals surface area contributed by atoms with Crippen molar-refractivity contribution in [3.8, 4) is 0 Å². The van der Waals surface area contributed by atoms with Crippen LogP contribution in [-0.4, -0.2) is 62.9 Å². The fourth-order valence-electron chi connectivity index (χ4n) is 0.879. The van der Waals surface area contributed by atoms with Crippen LogP contribution in [0.2, 0.25) is 0 Å². The first-order valence-electron chi connectivity index (χ1n) is 4.37. The maximum Gasteiger partial charge on any atom is 0.0698 e. The molecule has 0 aromatic carbocycles. The molecule has 0 saturated carbocycles. The lowest BCUT2D eigenvalue weighted by atomic mass is 10.3. The summed E-state index contributed by atoms with van der Waals surface area (Å²) in [4.78, 5) is 0. The van der Waals surface area contributed by atoms with E-state index in [1.807, 2.05) is 0 Å². The van der Waals surface area contributed by atoms with Crippen LogP contribution in [0, 0.1) is 0 Å². The molecule has 0 radical (unpaired) electrons. The number of aliphatic hydroxyl groups excluding tert-OH is 2. The summed E-state index contributed by atoms with van der Waals surface area (Å²) in [5.41, 5.74) is 0. The second-order valence-corrected chi connectivity index (χ2v) is 2.62. The average molecular weight is 193 g/mol. The zero-order valence-electron chi connectivity index (χ0n) is 8.03. The van der Waals surface area contributed by atoms with Crippen molar-refractivity contribution in [3.05, 3.63) is 0 Å². The SMILES string of the molecule is COCC(CO)NCCOCCO. The second kappa shape index (κ2) is 9.88. The van der Waals surface area contributed by atoms with Crippen molar-refractivity contribution in [2.45, 2.75) is 6.04 Å². The minimum Gasteiger partial charge on any atom is -0.395 e. The van der Waals surface area contributed by atoms with Gasteiger partial charge in [-0.1, -0.05) is 0 Å². The topological polar surface area (TPSA) is 71.0 Å². The van der Waals surface area contributed by atoms with Crippen LogP contribution >= 0.6 is 0 Å². The number of nitrogens with one attached hydrogen (secondary N) is 1. The van der Waals surface area contributed by atoms with Gasteiger partial charge in [0.2, 0.25) is 0 Å². The molecule has 0 aromatic rings. The van der Waals surface area contributed by atoms with E-state index in [4.69, 9.17) is 19.7 Å². The van der Waals surface area contributed by atoms with Crippen LogP contribution in [0.3, 0.4) is 0 Å². The Morgan fingerprint density at radius 2 is 2.08 bits per heavy atom. The second-order valence-electron chi connectivity index (χ2n) is 2.62. The quantitative estimate of drug-likeness (QED) is 0.393. The van der Waals surface area contributed by atoms with Gasteiger partial charge in [-0.3, -0.25) is 0 Å². The minimum absolute atomic E-state index is 0.0391. The van der Waals surface area contributed by atoms with Crippen molar-refractivity contribution in [3.63, 3.8) is 0 Å². The van der Waals surface area contributed by atoms with Gasteiger partial charge in [0.25, 0.3) is 0 Å². The van der Waals surface area contributed by atoms with E-state index in [1.54, 1.807) is 7.11 Å². The van der Waals surface area contributed by atoms with Gasteiger partial charge in [0.15, 0.2) is 0 Å². The van der Waals surface area contributed by atoms with E-state index in [0.717, 1.165) is 0 Å². The van der Waals surface area contributed by atoms with Gasteiger partial charge in [0.1, 0.15) is 0 Å². The summed E-state index contributed by atoms with van der Waals surface area (Å²) in [6.07, 6.45) is 0. The largest absolute Gasteiger partial charge is 0.395 e. The molecule has 13 heavy (non-hydrogen) atoms. The molecule has 0 aromatic heterocycles. The first-order chi connectivity index (χ1) is 6.35. The van der Waals surface area contributed by atoms with Crippen molar-refractivity contribution in [2.24, 2.45) is 0 Å². The molecule has 1 unspecified atom stereocenters. The van der Waals surface area contributed by atoms with Gasteiger partial charge in [0, 0.05) is 13.7 Å². The summed E-state index contributed by atoms with van der Waals surface area (Å²) in [6.45, 7) is 2.11. The fourth-order valence-corrected chi connectivity index (χ4v) is 0.879. The van der Waals surface area contributed by atoms with Crippen LogP contribution in [0.1, 0.15) is 0 Å². The molecule has 0 aliphatic heterocycles. The van der Waals surface area contributed by atoms with Gasteiger partial charge in [-0.05, 0) is 0 Å². The summed E-state index contributed by atoms with van der Waals surface area (Å²) in [7, 11) is 1.59. The highest BCUT2D eigenvalue weighted by molar-refractivity contribution is 4.63. The van der Waals surface area contributed by atoms with Crippen LogP contribution in [-0.2, 0) is 9.47 Å². The highest BCUT2D eigenvalue weighted by Crippen LogP contribution is 1.82. The number of hydrogen-bond donors (Lipinski definition) is 3. The Morgan fingerprint density at radius 1 is 1.31 bits per heavy atom. The number of aliphatic hydroxyl groups is 2. The molecule has 0 aliphatic rings. The zero-order chi connectivity index (χ0) is 9.94. The van der Waals surface area contributed by atoms with Gasteiger partial charge in [0.05, 0.1) is 39.1 Å². The summed E-state index contributed by atoms with van der Waals surface area (Å²) >= 11 is 0. The zero-order valence-corrected chi connectivity index (χ0v) is 8.03. The van der Waals surface area contributed by atoms with Crippen molar-refractivity contribution in [1.29, 1.82) is 0 Å². The molecule has 0 aliphatic carbocycles. The summed E-state index contributed by atoms with van der Waals surface area (Å²) in [5, 5.41) is 20.3. The number of rotatable bonds is 9. The molecule has 3 N–H and O–H groups in total.